The molecule has 1 amide bonds. The van der Waals surface area contributed by atoms with Gasteiger partial charge in [0.2, 0.25) is 0 Å². The normalized spacial score (nSPS) is 20.9. The Balaban J connectivity index is 1.41. The van der Waals surface area contributed by atoms with Gasteiger partial charge in [-0.25, -0.2) is 4.39 Å². The second-order valence-corrected chi connectivity index (χ2v) is 10.0. The van der Waals surface area contributed by atoms with Crippen LogP contribution in [0.3, 0.4) is 0 Å². The molecule has 2 aliphatic rings. The first-order valence-corrected chi connectivity index (χ1v) is 11.5. The van der Waals surface area contributed by atoms with E-state index in [1.54, 1.807) is 12.1 Å². The lowest BCUT2D eigenvalue weighted by Crippen LogP contribution is -2.49. The van der Waals surface area contributed by atoms with Crippen molar-refractivity contribution in [2.45, 2.75) is 45.5 Å². The van der Waals surface area contributed by atoms with Gasteiger partial charge in [0, 0.05) is 43.9 Å². The van der Waals surface area contributed by atoms with E-state index < -0.39 is 4.93 Å². The van der Waals surface area contributed by atoms with Gasteiger partial charge in [0.25, 0.3) is 5.24 Å². The van der Waals surface area contributed by atoms with Crippen molar-refractivity contribution in [3.05, 3.63) is 52.3 Å². The van der Waals surface area contributed by atoms with Gasteiger partial charge in [-0.3, -0.25) is 4.79 Å². The minimum Gasteiger partial charge on any atom is -0.507 e. The molecule has 1 N–H and O–H groups in total. The van der Waals surface area contributed by atoms with Gasteiger partial charge in [-0.1, -0.05) is 0 Å². The van der Waals surface area contributed by atoms with Crippen molar-refractivity contribution in [2.75, 3.05) is 31.1 Å². The Bertz CT molecular complexity index is 1000. The molecule has 2 heterocycles. The van der Waals surface area contributed by atoms with Crippen LogP contribution in [0.1, 0.15) is 35.6 Å². The number of anilines is 1. The van der Waals surface area contributed by atoms with Crippen molar-refractivity contribution in [3.8, 4) is 11.5 Å². The van der Waals surface area contributed by atoms with Gasteiger partial charge >= 0.3 is 0 Å². The molecule has 1 fully saturated rings. The van der Waals surface area contributed by atoms with E-state index in [0.29, 0.717) is 25.3 Å². The molecule has 31 heavy (non-hydrogen) atoms. The summed E-state index contributed by atoms with van der Waals surface area (Å²) in [5.74, 6) is 0.904. The van der Waals surface area contributed by atoms with E-state index in [4.69, 9.17) is 4.74 Å². The Labute approximate surface area is 187 Å². The molecular weight excluding hydrogens is 415 g/mol. The van der Waals surface area contributed by atoms with Crippen molar-refractivity contribution >= 4 is 22.7 Å². The SMILES string of the molecule is Cc1c(C)c2c(c(C)c1O)CCC(C)(SC(=O)N1CCN(c3ccc(F)cc3)CC1)O2. The summed E-state index contributed by atoms with van der Waals surface area (Å²) in [6.07, 6.45) is 1.47. The first-order valence-electron chi connectivity index (χ1n) is 10.7. The summed E-state index contributed by atoms with van der Waals surface area (Å²) in [5, 5.41) is 10.4. The van der Waals surface area contributed by atoms with Gasteiger partial charge in [-0.05, 0) is 86.8 Å². The number of rotatable bonds is 2. The molecule has 2 aromatic carbocycles. The number of nitrogens with zero attached hydrogens (tertiary/aromatic N) is 2. The molecular formula is C24H29FN2O3S. The summed E-state index contributed by atoms with van der Waals surface area (Å²) in [4.78, 5) is 16.4. The molecule has 0 aliphatic carbocycles. The molecule has 7 heteroatoms. The second-order valence-electron chi connectivity index (χ2n) is 8.59. The van der Waals surface area contributed by atoms with Crippen LogP contribution in [0, 0.1) is 26.6 Å². The number of phenols is 1. The average molecular weight is 445 g/mol. The van der Waals surface area contributed by atoms with Crippen molar-refractivity contribution < 1.29 is 19.0 Å². The molecule has 1 saturated heterocycles. The highest BCUT2D eigenvalue weighted by molar-refractivity contribution is 8.14. The lowest BCUT2D eigenvalue weighted by atomic mass is 9.92. The maximum Gasteiger partial charge on any atom is 0.285 e. The lowest BCUT2D eigenvalue weighted by Gasteiger charge is -2.40. The number of hydrogen-bond donors (Lipinski definition) is 1. The average Bonchev–Trinajstić information content (AvgIpc) is 2.76. The molecule has 0 saturated carbocycles. The highest BCUT2D eigenvalue weighted by Gasteiger charge is 2.38. The van der Waals surface area contributed by atoms with Gasteiger partial charge in [-0.2, -0.15) is 0 Å². The molecule has 1 unspecified atom stereocenters. The van der Waals surface area contributed by atoms with Crippen LogP contribution in [0.4, 0.5) is 14.9 Å². The topological polar surface area (TPSA) is 53.0 Å². The Morgan fingerprint density at radius 1 is 1.06 bits per heavy atom. The summed E-state index contributed by atoms with van der Waals surface area (Å²) >= 11 is 1.25. The predicted octanol–water partition coefficient (Wildman–Crippen LogP) is 5.17. The Morgan fingerprint density at radius 2 is 1.71 bits per heavy atom. The molecule has 5 nitrogen and oxygen atoms in total. The second kappa shape index (κ2) is 8.26. The monoisotopic (exact) mass is 444 g/mol. The first-order chi connectivity index (χ1) is 14.7. The third-order valence-corrected chi connectivity index (χ3v) is 7.67. The largest absolute Gasteiger partial charge is 0.507 e. The zero-order valence-corrected chi connectivity index (χ0v) is 19.3. The number of hydrogen-bond acceptors (Lipinski definition) is 5. The van der Waals surface area contributed by atoms with Crippen LogP contribution >= 0.6 is 11.8 Å². The number of halogens is 1. The number of benzene rings is 2. The smallest absolute Gasteiger partial charge is 0.285 e. The fourth-order valence-corrected chi connectivity index (χ4v) is 5.36. The lowest BCUT2D eigenvalue weighted by molar-refractivity contribution is 0.154. The van der Waals surface area contributed by atoms with Crippen LogP contribution < -0.4 is 9.64 Å². The molecule has 2 aliphatic heterocycles. The predicted molar refractivity (Wildman–Crippen MR) is 123 cm³/mol. The van der Waals surface area contributed by atoms with E-state index in [2.05, 4.69) is 4.90 Å². The first kappa shape index (κ1) is 21.8. The molecule has 0 aromatic heterocycles. The van der Waals surface area contributed by atoms with Gasteiger partial charge in [0.15, 0.2) is 4.93 Å². The van der Waals surface area contributed by atoms with Crippen LogP contribution in [-0.4, -0.2) is 46.4 Å². The Kier molecular flexibility index (Phi) is 5.81. The van der Waals surface area contributed by atoms with Crippen LogP contribution in [0.25, 0.3) is 0 Å². The number of ether oxygens (including phenoxy) is 1. The molecule has 0 radical (unpaired) electrons. The van der Waals surface area contributed by atoms with Gasteiger partial charge in [0.05, 0.1) is 0 Å². The Morgan fingerprint density at radius 3 is 2.35 bits per heavy atom. The maximum absolute atomic E-state index is 13.2. The highest BCUT2D eigenvalue weighted by Crippen LogP contribution is 2.46. The maximum atomic E-state index is 13.2. The third-order valence-electron chi connectivity index (χ3n) is 6.52. The van der Waals surface area contributed by atoms with E-state index in [-0.39, 0.29) is 11.1 Å². The van der Waals surface area contributed by atoms with Crippen molar-refractivity contribution in [3.63, 3.8) is 0 Å². The molecule has 166 valence electrons. The number of fused-ring (bicyclic) bond motifs is 1. The van der Waals surface area contributed by atoms with Crippen molar-refractivity contribution in [2.24, 2.45) is 0 Å². The molecule has 1 atom stereocenters. The minimum absolute atomic E-state index is 0.0228. The zero-order chi connectivity index (χ0) is 22.3. The summed E-state index contributed by atoms with van der Waals surface area (Å²) in [7, 11) is 0. The number of phenolic OH excluding ortho intramolecular Hbond substituents is 1. The Hall–Kier alpha value is -2.41. The highest BCUT2D eigenvalue weighted by atomic mass is 32.2. The van der Waals surface area contributed by atoms with Gasteiger partial charge < -0.3 is 19.6 Å². The van der Waals surface area contributed by atoms with Crippen LogP contribution in [0.2, 0.25) is 0 Å². The van der Waals surface area contributed by atoms with Crippen LogP contribution in [0.15, 0.2) is 24.3 Å². The molecule has 0 spiro atoms. The van der Waals surface area contributed by atoms with Gasteiger partial charge in [-0.15, -0.1) is 0 Å². The number of carbonyl (C=O) groups is 1. The fourth-order valence-electron chi connectivity index (χ4n) is 4.35. The molecule has 2 aromatic rings. The van der Waals surface area contributed by atoms with Crippen molar-refractivity contribution in [1.29, 1.82) is 0 Å². The third kappa shape index (κ3) is 4.20. The fraction of sp³-hybridized carbons (Fsp3) is 0.458. The summed E-state index contributed by atoms with van der Waals surface area (Å²) < 4.78 is 19.6. The van der Waals surface area contributed by atoms with E-state index in [9.17, 15) is 14.3 Å². The molecule has 0 bridgehead atoms. The van der Waals surface area contributed by atoms with Crippen molar-refractivity contribution in [1.82, 2.24) is 4.90 Å². The summed E-state index contributed by atoms with van der Waals surface area (Å²) in [5.41, 5.74) is 4.65. The summed E-state index contributed by atoms with van der Waals surface area (Å²) in [6.45, 7) is 10.4. The van der Waals surface area contributed by atoms with E-state index >= 15 is 0 Å². The minimum atomic E-state index is -0.640. The number of amides is 1. The number of piperazine rings is 1. The standard InChI is InChI=1S/C24H29FN2O3S/c1-15-16(2)22-20(17(3)21(15)28)9-10-24(4,30-22)31-23(29)27-13-11-26(12-14-27)19-7-5-18(25)6-8-19/h5-8,28H,9-14H2,1-4H3. The van der Waals surface area contributed by atoms with E-state index in [1.165, 1.54) is 23.9 Å². The van der Waals surface area contributed by atoms with E-state index in [0.717, 1.165) is 53.2 Å². The van der Waals surface area contributed by atoms with Gasteiger partial charge in [0.1, 0.15) is 17.3 Å². The number of carbonyl (C=O) groups excluding carboxylic acids is 1. The van der Waals surface area contributed by atoms with Crippen LogP contribution in [-0.2, 0) is 6.42 Å². The zero-order valence-electron chi connectivity index (χ0n) is 18.5. The number of aromatic hydroxyl groups is 1. The van der Waals surface area contributed by atoms with E-state index in [1.807, 2.05) is 32.6 Å². The summed E-state index contributed by atoms with van der Waals surface area (Å²) in [6, 6.07) is 6.49. The molecule has 4 rings (SSSR count). The quantitative estimate of drug-likeness (QED) is 0.692. The van der Waals surface area contributed by atoms with Crippen LogP contribution in [0.5, 0.6) is 11.5 Å². The number of thioether (sulfide) groups is 1.